The first-order valence-corrected chi connectivity index (χ1v) is 8.43. The third-order valence-corrected chi connectivity index (χ3v) is 4.43. The standard InChI is InChI=1S/C19H14N4O6/c1-23-17-11(15(26)14(19(23)28)18(27)21-8-13(24)25)7-20-16(22-17)10-2-3-12-9(6-10)4-5-29-12/h2-7,26H,8H2,1H3,(H,21,27)(H,24,25). The van der Waals surface area contributed by atoms with Crippen LogP contribution in [0.3, 0.4) is 0 Å². The van der Waals surface area contributed by atoms with Crippen molar-refractivity contribution in [2.24, 2.45) is 7.05 Å². The Morgan fingerprint density at radius 3 is 2.83 bits per heavy atom. The highest BCUT2D eigenvalue weighted by molar-refractivity contribution is 6.02. The van der Waals surface area contributed by atoms with E-state index in [4.69, 9.17) is 9.52 Å². The van der Waals surface area contributed by atoms with E-state index in [1.165, 1.54) is 13.2 Å². The molecule has 4 aromatic rings. The Morgan fingerprint density at radius 1 is 1.28 bits per heavy atom. The van der Waals surface area contributed by atoms with E-state index in [1.54, 1.807) is 24.5 Å². The Labute approximate surface area is 162 Å². The molecule has 0 spiro atoms. The molecule has 0 aliphatic heterocycles. The van der Waals surface area contributed by atoms with E-state index in [0.29, 0.717) is 17.0 Å². The number of hydrogen-bond donors (Lipinski definition) is 3. The molecular weight excluding hydrogens is 380 g/mol. The van der Waals surface area contributed by atoms with E-state index in [1.807, 2.05) is 6.07 Å². The first-order chi connectivity index (χ1) is 13.9. The number of aliphatic carboxylic acids is 1. The zero-order chi connectivity index (χ0) is 20.7. The molecule has 0 radical (unpaired) electrons. The first kappa shape index (κ1) is 18.2. The number of fused-ring (bicyclic) bond motifs is 2. The maximum Gasteiger partial charge on any atom is 0.322 e. The van der Waals surface area contributed by atoms with Gasteiger partial charge in [-0.15, -0.1) is 0 Å². The number of rotatable bonds is 4. The topological polar surface area (TPSA) is 148 Å². The first-order valence-electron chi connectivity index (χ1n) is 8.43. The molecule has 0 unspecified atom stereocenters. The number of carbonyl (C=O) groups is 2. The van der Waals surface area contributed by atoms with Gasteiger partial charge in [0.2, 0.25) is 0 Å². The molecule has 0 aliphatic carbocycles. The summed E-state index contributed by atoms with van der Waals surface area (Å²) >= 11 is 0. The normalized spacial score (nSPS) is 11.1. The van der Waals surface area contributed by atoms with Crippen LogP contribution < -0.4 is 10.9 Å². The predicted molar refractivity (Wildman–Crippen MR) is 102 cm³/mol. The quantitative estimate of drug-likeness (QED) is 0.469. The summed E-state index contributed by atoms with van der Waals surface area (Å²) in [6, 6.07) is 7.15. The second-order valence-corrected chi connectivity index (χ2v) is 6.27. The van der Waals surface area contributed by atoms with Gasteiger partial charge in [-0.25, -0.2) is 9.97 Å². The number of aromatic nitrogens is 3. The van der Waals surface area contributed by atoms with Gasteiger partial charge in [-0.05, 0) is 24.3 Å². The van der Waals surface area contributed by atoms with Crippen LogP contribution in [0.4, 0.5) is 0 Å². The smallest absolute Gasteiger partial charge is 0.322 e. The molecule has 3 heterocycles. The summed E-state index contributed by atoms with van der Waals surface area (Å²) in [7, 11) is 1.40. The number of aryl methyl sites for hydroxylation is 1. The molecule has 29 heavy (non-hydrogen) atoms. The fraction of sp³-hybridized carbons (Fsp3) is 0.105. The Balaban J connectivity index is 1.84. The van der Waals surface area contributed by atoms with Crippen LogP contribution in [0.5, 0.6) is 5.75 Å². The summed E-state index contributed by atoms with van der Waals surface area (Å²) in [5.41, 5.74) is 0.123. The van der Waals surface area contributed by atoms with Crippen LogP contribution >= 0.6 is 0 Å². The summed E-state index contributed by atoms with van der Waals surface area (Å²) < 4.78 is 6.41. The van der Waals surface area contributed by atoms with E-state index in [2.05, 4.69) is 15.3 Å². The number of carboxylic acids is 1. The lowest BCUT2D eigenvalue weighted by Crippen LogP contribution is -2.35. The molecule has 0 aliphatic rings. The summed E-state index contributed by atoms with van der Waals surface area (Å²) in [5.74, 6) is -2.57. The summed E-state index contributed by atoms with van der Waals surface area (Å²) in [6.45, 7) is -0.689. The van der Waals surface area contributed by atoms with E-state index < -0.39 is 35.3 Å². The molecule has 146 valence electrons. The zero-order valence-electron chi connectivity index (χ0n) is 15.0. The molecular formula is C19H14N4O6. The van der Waals surface area contributed by atoms with Crippen molar-refractivity contribution in [2.75, 3.05) is 6.54 Å². The lowest BCUT2D eigenvalue weighted by Gasteiger charge is -2.11. The molecule has 10 nitrogen and oxygen atoms in total. The number of pyridine rings is 1. The van der Waals surface area contributed by atoms with E-state index in [0.717, 1.165) is 9.95 Å². The number of carbonyl (C=O) groups excluding carboxylic acids is 1. The molecule has 4 rings (SSSR count). The summed E-state index contributed by atoms with van der Waals surface area (Å²) in [4.78, 5) is 44.0. The van der Waals surface area contributed by atoms with Crippen molar-refractivity contribution in [2.45, 2.75) is 0 Å². The average Bonchev–Trinajstić information content (AvgIpc) is 3.18. The largest absolute Gasteiger partial charge is 0.506 e. The summed E-state index contributed by atoms with van der Waals surface area (Å²) in [5, 5.41) is 22.1. The highest BCUT2D eigenvalue weighted by Gasteiger charge is 2.23. The van der Waals surface area contributed by atoms with E-state index in [9.17, 15) is 19.5 Å². The van der Waals surface area contributed by atoms with Gasteiger partial charge in [0, 0.05) is 24.2 Å². The maximum atomic E-state index is 12.6. The van der Waals surface area contributed by atoms with Gasteiger partial charge in [0.25, 0.3) is 11.5 Å². The third kappa shape index (κ3) is 3.06. The number of aromatic hydroxyl groups is 1. The van der Waals surface area contributed by atoms with Gasteiger partial charge in [0.05, 0.1) is 11.6 Å². The zero-order valence-corrected chi connectivity index (χ0v) is 15.0. The minimum absolute atomic E-state index is 0.0840. The number of nitrogens with one attached hydrogen (secondary N) is 1. The predicted octanol–water partition coefficient (Wildman–Crippen LogP) is 1.26. The number of hydrogen-bond acceptors (Lipinski definition) is 7. The lowest BCUT2D eigenvalue weighted by atomic mass is 10.1. The molecule has 3 aromatic heterocycles. The van der Waals surface area contributed by atoms with Gasteiger partial charge in [0.15, 0.2) is 5.82 Å². The van der Waals surface area contributed by atoms with Crippen molar-refractivity contribution in [3.8, 4) is 17.1 Å². The SMILES string of the molecule is Cn1c(=O)c(C(=O)NCC(=O)O)c(O)c2cnc(-c3ccc4occc4c3)nc21. The average molecular weight is 394 g/mol. The molecule has 0 bridgehead atoms. The van der Waals surface area contributed by atoms with Crippen molar-refractivity contribution in [3.05, 3.63) is 52.6 Å². The third-order valence-electron chi connectivity index (χ3n) is 4.43. The van der Waals surface area contributed by atoms with Crippen LogP contribution in [0.1, 0.15) is 10.4 Å². The fourth-order valence-electron chi connectivity index (χ4n) is 2.99. The maximum absolute atomic E-state index is 12.6. The molecule has 1 aromatic carbocycles. The number of benzene rings is 1. The Bertz CT molecular complexity index is 1350. The van der Waals surface area contributed by atoms with Gasteiger partial charge in [-0.3, -0.25) is 19.0 Å². The van der Waals surface area contributed by atoms with Crippen LogP contribution in [0.2, 0.25) is 0 Å². The Morgan fingerprint density at radius 2 is 2.07 bits per heavy atom. The van der Waals surface area contributed by atoms with Gasteiger partial charge in [0.1, 0.15) is 29.1 Å². The van der Waals surface area contributed by atoms with Crippen LogP contribution in [-0.4, -0.2) is 43.2 Å². The highest BCUT2D eigenvalue weighted by atomic mass is 16.4. The monoisotopic (exact) mass is 394 g/mol. The second-order valence-electron chi connectivity index (χ2n) is 6.27. The highest BCUT2D eigenvalue weighted by Crippen LogP contribution is 2.27. The van der Waals surface area contributed by atoms with Crippen LogP contribution in [-0.2, 0) is 11.8 Å². The lowest BCUT2D eigenvalue weighted by molar-refractivity contribution is -0.135. The second kappa shape index (κ2) is 6.75. The molecule has 1 amide bonds. The van der Waals surface area contributed by atoms with Gasteiger partial charge >= 0.3 is 5.97 Å². The molecule has 0 fully saturated rings. The van der Waals surface area contributed by atoms with Crippen molar-refractivity contribution >= 4 is 33.9 Å². The van der Waals surface area contributed by atoms with E-state index in [-0.39, 0.29) is 11.0 Å². The summed E-state index contributed by atoms with van der Waals surface area (Å²) in [6.07, 6.45) is 2.87. The van der Waals surface area contributed by atoms with Crippen LogP contribution in [0.25, 0.3) is 33.4 Å². The van der Waals surface area contributed by atoms with Crippen molar-refractivity contribution < 1.29 is 24.2 Å². The van der Waals surface area contributed by atoms with E-state index >= 15 is 0 Å². The molecule has 0 saturated heterocycles. The van der Waals surface area contributed by atoms with Crippen molar-refractivity contribution in [1.29, 1.82) is 0 Å². The minimum atomic E-state index is -1.28. The number of nitrogens with zero attached hydrogens (tertiary/aromatic N) is 3. The minimum Gasteiger partial charge on any atom is -0.506 e. The number of amides is 1. The molecule has 3 N–H and O–H groups in total. The van der Waals surface area contributed by atoms with Crippen molar-refractivity contribution in [1.82, 2.24) is 19.9 Å². The van der Waals surface area contributed by atoms with Crippen molar-refractivity contribution in [3.63, 3.8) is 0 Å². The van der Waals surface area contributed by atoms with Gasteiger partial charge in [-0.2, -0.15) is 0 Å². The Hall–Kier alpha value is -4.21. The molecule has 0 saturated carbocycles. The molecule has 0 atom stereocenters. The van der Waals surface area contributed by atoms with Gasteiger partial charge in [-0.1, -0.05) is 0 Å². The number of carboxylic acid groups (broad SMARTS) is 1. The Kier molecular flexibility index (Phi) is 4.23. The number of furan rings is 1. The van der Waals surface area contributed by atoms with Crippen LogP contribution in [0, 0.1) is 0 Å². The fourth-order valence-corrected chi connectivity index (χ4v) is 2.99. The van der Waals surface area contributed by atoms with Crippen LogP contribution in [0.15, 0.2) is 45.9 Å². The molecule has 10 heteroatoms. The van der Waals surface area contributed by atoms with Gasteiger partial charge < -0.3 is 19.9 Å².